The topological polar surface area (TPSA) is 55.1 Å². The second-order valence-corrected chi connectivity index (χ2v) is 7.95. The monoisotopic (exact) mass is 370 g/mol. The summed E-state index contributed by atoms with van der Waals surface area (Å²) < 4.78 is 1.98. The van der Waals surface area contributed by atoms with Gasteiger partial charge in [-0.3, -0.25) is 4.79 Å². The molecule has 106 valence electrons. The molecule has 1 atom stereocenters. The minimum absolute atomic E-state index is 0.0486. The molecule has 6 heteroatoms. The largest absolute Gasteiger partial charge is 0.397 e. The number of hydrogen-bond donors (Lipinski definition) is 2. The number of amides is 1. The standard InChI is InChI=1S/C14H15BrN2OS2/c15-9-2-1-3-10-11(9)12(16)13(20-10)14(18)17-6-8-4-5-19-7-8/h1-3,8H,4-7,16H2,(H,17,18). The van der Waals surface area contributed by atoms with Gasteiger partial charge >= 0.3 is 0 Å². The Morgan fingerprint density at radius 3 is 3.05 bits per heavy atom. The van der Waals surface area contributed by atoms with Crippen LogP contribution in [0.3, 0.4) is 0 Å². The lowest BCUT2D eigenvalue weighted by molar-refractivity contribution is 0.0953. The first kappa shape index (κ1) is 14.2. The van der Waals surface area contributed by atoms with Gasteiger partial charge < -0.3 is 11.1 Å². The number of carbonyl (C=O) groups excluding carboxylic acids is 1. The Bertz CT molecular complexity index is 650. The maximum atomic E-state index is 12.3. The van der Waals surface area contributed by atoms with E-state index in [2.05, 4.69) is 21.2 Å². The Morgan fingerprint density at radius 2 is 2.35 bits per heavy atom. The van der Waals surface area contributed by atoms with E-state index in [1.165, 1.54) is 23.5 Å². The van der Waals surface area contributed by atoms with Gasteiger partial charge in [-0.15, -0.1) is 11.3 Å². The van der Waals surface area contributed by atoms with E-state index in [9.17, 15) is 4.79 Å². The molecule has 3 rings (SSSR count). The Balaban J connectivity index is 1.80. The van der Waals surface area contributed by atoms with Crippen molar-refractivity contribution in [3.8, 4) is 0 Å². The molecule has 3 nitrogen and oxygen atoms in total. The first-order chi connectivity index (χ1) is 9.66. The van der Waals surface area contributed by atoms with Gasteiger partial charge in [-0.25, -0.2) is 0 Å². The summed E-state index contributed by atoms with van der Waals surface area (Å²) in [6.07, 6.45) is 1.19. The molecule has 1 aliphatic rings. The van der Waals surface area contributed by atoms with Gasteiger partial charge in [0.05, 0.1) is 5.69 Å². The molecular formula is C14H15BrN2OS2. The number of anilines is 1. The van der Waals surface area contributed by atoms with Crippen LogP contribution in [0.1, 0.15) is 16.1 Å². The van der Waals surface area contributed by atoms with Crippen molar-refractivity contribution in [1.82, 2.24) is 5.32 Å². The quantitative estimate of drug-likeness (QED) is 0.865. The average Bonchev–Trinajstić information content (AvgIpc) is 3.05. The molecule has 1 amide bonds. The van der Waals surface area contributed by atoms with Crippen molar-refractivity contribution in [3.63, 3.8) is 0 Å². The van der Waals surface area contributed by atoms with Crippen LogP contribution in [0.4, 0.5) is 5.69 Å². The molecule has 0 spiro atoms. The summed E-state index contributed by atoms with van der Waals surface area (Å²) in [6.45, 7) is 0.751. The number of hydrogen-bond acceptors (Lipinski definition) is 4. The minimum atomic E-state index is -0.0486. The normalized spacial score (nSPS) is 18.6. The summed E-state index contributed by atoms with van der Waals surface area (Å²) in [6, 6.07) is 5.90. The fraction of sp³-hybridized carbons (Fsp3) is 0.357. The molecule has 0 aliphatic carbocycles. The molecule has 2 heterocycles. The summed E-state index contributed by atoms with van der Waals surface area (Å²) >= 11 is 6.91. The molecule has 20 heavy (non-hydrogen) atoms. The van der Waals surface area contributed by atoms with Crippen molar-refractivity contribution in [1.29, 1.82) is 0 Å². The van der Waals surface area contributed by atoms with Crippen LogP contribution in [-0.4, -0.2) is 24.0 Å². The van der Waals surface area contributed by atoms with E-state index in [1.54, 1.807) is 0 Å². The molecule has 1 aliphatic heterocycles. The number of thiophene rings is 1. The van der Waals surface area contributed by atoms with Gasteiger partial charge in [0, 0.05) is 21.1 Å². The SMILES string of the molecule is Nc1c(C(=O)NCC2CCSC2)sc2cccc(Br)c12. The van der Waals surface area contributed by atoms with Crippen molar-refractivity contribution < 1.29 is 4.79 Å². The number of nitrogen functional groups attached to an aromatic ring is 1. The van der Waals surface area contributed by atoms with Crippen molar-refractivity contribution in [3.05, 3.63) is 27.5 Å². The highest BCUT2D eigenvalue weighted by Crippen LogP contribution is 2.38. The molecule has 1 unspecified atom stereocenters. The number of thioether (sulfide) groups is 1. The Morgan fingerprint density at radius 1 is 1.50 bits per heavy atom. The van der Waals surface area contributed by atoms with Gasteiger partial charge in [0.2, 0.25) is 0 Å². The summed E-state index contributed by atoms with van der Waals surface area (Å²) in [5.74, 6) is 2.91. The molecular weight excluding hydrogens is 356 g/mol. The van der Waals surface area contributed by atoms with Crippen molar-refractivity contribution in [2.24, 2.45) is 5.92 Å². The first-order valence-electron chi connectivity index (χ1n) is 6.49. The van der Waals surface area contributed by atoms with E-state index in [0.717, 1.165) is 26.9 Å². The third-order valence-corrected chi connectivity index (χ3v) is 6.54. The number of fused-ring (bicyclic) bond motifs is 1. The van der Waals surface area contributed by atoms with Crippen LogP contribution in [0, 0.1) is 5.92 Å². The lowest BCUT2D eigenvalue weighted by Crippen LogP contribution is -2.29. The highest BCUT2D eigenvalue weighted by atomic mass is 79.9. The number of rotatable bonds is 3. The highest BCUT2D eigenvalue weighted by molar-refractivity contribution is 9.10. The summed E-state index contributed by atoms with van der Waals surface area (Å²) in [5, 5.41) is 3.97. The van der Waals surface area contributed by atoms with Gasteiger partial charge in [0.25, 0.3) is 5.91 Å². The molecule has 3 N–H and O–H groups in total. The molecule has 1 aromatic carbocycles. The first-order valence-corrected chi connectivity index (χ1v) is 9.25. The number of carbonyl (C=O) groups is 1. The predicted molar refractivity (Wildman–Crippen MR) is 91.7 cm³/mol. The highest BCUT2D eigenvalue weighted by Gasteiger charge is 2.20. The van der Waals surface area contributed by atoms with Crippen LogP contribution in [-0.2, 0) is 0 Å². The van der Waals surface area contributed by atoms with Crippen LogP contribution in [0.2, 0.25) is 0 Å². The Labute approximate surface area is 134 Å². The van der Waals surface area contributed by atoms with E-state index in [1.807, 2.05) is 30.0 Å². The zero-order valence-electron chi connectivity index (χ0n) is 10.8. The van der Waals surface area contributed by atoms with Gasteiger partial charge in [-0.1, -0.05) is 22.0 Å². The van der Waals surface area contributed by atoms with Gasteiger partial charge in [0.15, 0.2) is 0 Å². The van der Waals surface area contributed by atoms with Gasteiger partial charge in [-0.05, 0) is 36.0 Å². The van der Waals surface area contributed by atoms with Crippen LogP contribution in [0.25, 0.3) is 10.1 Å². The van der Waals surface area contributed by atoms with Crippen LogP contribution >= 0.6 is 39.0 Å². The summed E-state index contributed by atoms with van der Waals surface area (Å²) in [5.41, 5.74) is 6.72. The van der Waals surface area contributed by atoms with E-state index in [4.69, 9.17) is 5.73 Å². The summed E-state index contributed by atoms with van der Waals surface area (Å²) in [4.78, 5) is 12.9. The molecule has 0 saturated carbocycles. The molecule has 0 radical (unpaired) electrons. The van der Waals surface area contributed by atoms with Crippen LogP contribution in [0.5, 0.6) is 0 Å². The molecule has 1 saturated heterocycles. The second-order valence-electron chi connectivity index (χ2n) is 4.90. The van der Waals surface area contributed by atoms with Crippen molar-refractivity contribution >= 4 is 60.7 Å². The lowest BCUT2D eigenvalue weighted by Gasteiger charge is -2.09. The van der Waals surface area contributed by atoms with Crippen LogP contribution < -0.4 is 11.1 Å². The number of nitrogens with two attached hydrogens (primary N) is 1. The Hall–Kier alpha value is -0.720. The smallest absolute Gasteiger partial charge is 0.263 e. The van der Waals surface area contributed by atoms with E-state index in [0.29, 0.717) is 16.5 Å². The molecule has 2 aromatic rings. The predicted octanol–water partition coefficient (Wildman–Crippen LogP) is 3.73. The molecule has 0 bridgehead atoms. The fourth-order valence-corrected chi connectivity index (χ4v) is 5.42. The number of benzene rings is 1. The van der Waals surface area contributed by atoms with Crippen LogP contribution in [0.15, 0.2) is 22.7 Å². The fourth-order valence-electron chi connectivity index (χ4n) is 2.36. The third kappa shape index (κ3) is 2.69. The van der Waals surface area contributed by atoms with Gasteiger partial charge in [-0.2, -0.15) is 11.8 Å². The molecule has 1 aromatic heterocycles. The lowest BCUT2D eigenvalue weighted by atomic mass is 10.1. The second kappa shape index (κ2) is 5.95. The molecule has 1 fully saturated rings. The van der Waals surface area contributed by atoms with E-state index >= 15 is 0 Å². The maximum Gasteiger partial charge on any atom is 0.263 e. The van der Waals surface area contributed by atoms with Gasteiger partial charge in [0.1, 0.15) is 4.88 Å². The third-order valence-electron chi connectivity index (χ3n) is 3.48. The maximum absolute atomic E-state index is 12.3. The zero-order chi connectivity index (χ0) is 14.1. The van der Waals surface area contributed by atoms with Crippen molar-refractivity contribution in [2.75, 3.05) is 23.8 Å². The summed E-state index contributed by atoms with van der Waals surface area (Å²) in [7, 11) is 0. The zero-order valence-corrected chi connectivity index (χ0v) is 14.0. The number of nitrogens with one attached hydrogen (secondary N) is 1. The Kier molecular flexibility index (Phi) is 4.23. The van der Waals surface area contributed by atoms with Crippen molar-refractivity contribution in [2.45, 2.75) is 6.42 Å². The van der Waals surface area contributed by atoms with E-state index in [-0.39, 0.29) is 5.91 Å². The average molecular weight is 371 g/mol. The minimum Gasteiger partial charge on any atom is -0.397 e. The van der Waals surface area contributed by atoms with E-state index < -0.39 is 0 Å². The number of halogens is 1.